The molecule has 0 fully saturated rings. The lowest BCUT2D eigenvalue weighted by atomic mass is 10.4. The van der Waals surface area contributed by atoms with Gasteiger partial charge >= 0.3 is 0 Å². The molecule has 0 spiro atoms. The summed E-state index contributed by atoms with van der Waals surface area (Å²) in [7, 11) is 3.18. The first-order valence-corrected chi connectivity index (χ1v) is 8.38. The highest BCUT2D eigenvalue weighted by molar-refractivity contribution is 6.81. The summed E-state index contributed by atoms with van der Waals surface area (Å²) in [5.41, 5.74) is 2.29. The van der Waals surface area contributed by atoms with Crippen LogP contribution in [-0.2, 0) is 0 Å². The van der Waals surface area contributed by atoms with Crippen LogP contribution in [0.15, 0.2) is 12.3 Å². The lowest BCUT2D eigenvalue weighted by molar-refractivity contribution is 0.598. The Morgan fingerprint density at radius 3 is 1.71 bits per heavy atom. The van der Waals surface area contributed by atoms with E-state index in [1.807, 2.05) is 0 Å². The summed E-state index contributed by atoms with van der Waals surface area (Å²) in [4.78, 5) is 0. The fourth-order valence-electron chi connectivity index (χ4n) is 1.92. The molecule has 0 unspecified atom stereocenters. The molecule has 0 amide bonds. The van der Waals surface area contributed by atoms with Crippen LogP contribution in [0.5, 0.6) is 0 Å². The predicted octanol–water partition coefficient (Wildman–Crippen LogP) is 3.82. The Bertz CT molecular complexity index is 146. The largest absolute Gasteiger partial charge is 0.326 e. The monoisotopic (exact) mass is 213 g/mol. The van der Waals surface area contributed by atoms with Gasteiger partial charge in [-0.3, -0.25) is 0 Å². The maximum atomic E-state index is 4.08. The van der Waals surface area contributed by atoms with Crippen molar-refractivity contribution in [3.8, 4) is 0 Å². The molecule has 0 bridgehead atoms. The fourth-order valence-corrected chi connectivity index (χ4v) is 5.77. The summed E-state index contributed by atoms with van der Waals surface area (Å²) >= 11 is 0. The average Bonchev–Trinajstić information content (AvgIpc) is 2.18. The summed E-state index contributed by atoms with van der Waals surface area (Å²) in [5.74, 6) is 0. The minimum absolute atomic E-state index is 1.29. The first-order valence-electron chi connectivity index (χ1n) is 5.94. The zero-order valence-electron chi connectivity index (χ0n) is 10.5. The smallest absolute Gasteiger partial charge is 0.152 e. The van der Waals surface area contributed by atoms with Crippen molar-refractivity contribution < 1.29 is 0 Å². The second kappa shape index (κ2) is 7.24. The van der Waals surface area contributed by atoms with Gasteiger partial charge in [0.25, 0.3) is 0 Å². The summed E-state index contributed by atoms with van der Waals surface area (Å²) in [6.07, 6.45) is 5.34. The Morgan fingerprint density at radius 2 is 1.50 bits per heavy atom. The van der Waals surface area contributed by atoms with E-state index in [1.54, 1.807) is 0 Å². The van der Waals surface area contributed by atoms with Gasteiger partial charge in [0.2, 0.25) is 0 Å². The molecular formula is C12H27NSi. The molecule has 0 saturated heterocycles. The molecule has 0 aliphatic carbocycles. The third-order valence-corrected chi connectivity index (χ3v) is 8.18. The molecule has 0 heterocycles. The number of unbranched alkanes of at least 4 members (excludes halogenated alkanes) is 2. The topological polar surface area (TPSA) is 3.24 Å². The molecule has 0 aromatic heterocycles. The van der Waals surface area contributed by atoms with E-state index < -0.39 is 8.24 Å². The first-order chi connectivity index (χ1) is 6.63. The minimum Gasteiger partial charge on any atom is -0.326 e. The molecule has 1 nitrogen and oxygen atoms in total. The molecule has 0 N–H and O–H groups in total. The maximum Gasteiger partial charge on any atom is 0.152 e. The second-order valence-electron chi connectivity index (χ2n) is 4.41. The third-order valence-electron chi connectivity index (χ3n) is 3.20. The van der Waals surface area contributed by atoms with Crippen LogP contribution >= 0.6 is 0 Å². The molecule has 0 aromatic rings. The van der Waals surface area contributed by atoms with Crippen LogP contribution in [0, 0.1) is 0 Å². The van der Waals surface area contributed by atoms with Crippen LogP contribution in [0.25, 0.3) is 0 Å². The average molecular weight is 213 g/mol. The number of hydrogen-bond donors (Lipinski definition) is 0. The van der Waals surface area contributed by atoms with Crippen molar-refractivity contribution in [3.05, 3.63) is 12.3 Å². The van der Waals surface area contributed by atoms with E-state index >= 15 is 0 Å². The summed E-state index contributed by atoms with van der Waals surface area (Å²) in [5, 5.41) is 0. The van der Waals surface area contributed by atoms with Gasteiger partial charge in [0, 0.05) is 0 Å². The van der Waals surface area contributed by atoms with Crippen molar-refractivity contribution in [1.29, 1.82) is 0 Å². The van der Waals surface area contributed by atoms with Gasteiger partial charge in [-0.05, 0) is 26.2 Å². The Kier molecular flexibility index (Phi) is 7.20. The van der Waals surface area contributed by atoms with Gasteiger partial charge in [0.1, 0.15) is 0 Å². The van der Waals surface area contributed by atoms with Crippen LogP contribution in [0.2, 0.25) is 12.1 Å². The van der Waals surface area contributed by atoms with E-state index in [1.165, 1.54) is 37.8 Å². The van der Waals surface area contributed by atoms with Crippen molar-refractivity contribution in [2.75, 3.05) is 14.1 Å². The van der Waals surface area contributed by atoms with Crippen LogP contribution < -0.4 is 0 Å². The maximum absolute atomic E-state index is 4.08. The molecule has 0 aromatic carbocycles. The highest BCUT2D eigenvalue weighted by Crippen LogP contribution is 2.24. The minimum atomic E-state index is -1.29. The normalized spacial score (nSPS) is 12.1. The van der Waals surface area contributed by atoms with Crippen LogP contribution in [0.4, 0.5) is 0 Å². The molecule has 2 heteroatoms. The van der Waals surface area contributed by atoms with Crippen molar-refractivity contribution in [2.24, 2.45) is 0 Å². The van der Waals surface area contributed by atoms with Gasteiger partial charge < -0.3 is 4.57 Å². The van der Waals surface area contributed by atoms with Crippen molar-refractivity contribution >= 4 is 8.24 Å². The summed E-state index contributed by atoms with van der Waals surface area (Å²) < 4.78 is 2.48. The molecular weight excluding hydrogens is 186 g/mol. The highest BCUT2D eigenvalue weighted by atomic mass is 28.3. The zero-order chi connectivity index (χ0) is 11.0. The Morgan fingerprint density at radius 1 is 1.07 bits per heavy atom. The lowest BCUT2D eigenvalue weighted by Gasteiger charge is -2.35. The molecule has 14 heavy (non-hydrogen) atoms. The summed E-state index contributed by atoms with van der Waals surface area (Å²) in [6, 6.07) is 2.78. The molecule has 0 saturated carbocycles. The van der Waals surface area contributed by atoms with Crippen molar-refractivity contribution in [2.45, 2.75) is 51.6 Å². The van der Waals surface area contributed by atoms with E-state index in [9.17, 15) is 0 Å². The van der Waals surface area contributed by atoms with E-state index in [2.05, 4.69) is 44.8 Å². The molecule has 0 aliphatic rings. The number of nitrogens with zero attached hydrogens (tertiary/aromatic N) is 1. The predicted molar refractivity (Wildman–Crippen MR) is 69.1 cm³/mol. The van der Waals surface area contributed by atoms with Gasteiger partial charge in [-0.1, -0.05) is 45.2 Å². The Hall–Kier alpha value is -0.0831. The van der Waals surface area contributed by atoms with E-state index in [0.717, 1.165) is 0 Å². The molecule has 0 atom stereocenters. The van der Waals surface area contributed by atoms with Crippen molar-refractivity contribution in [1.82, 2.24) is 4.57 Å². The van der Waals surface area contributed by atoms with E-state index in [4.69, 9.17) is 0 Å². The zero-order valence-corrected chi connectivity index (χ0v) is 11.5. The van der Waals surface area contributed by atoms with E-state index in [-0.39, 0.29) is 0 Å². The van der Waals surface area contributed by atoms with Crippen molar-refractivity contribution in [3.63, 3.8) is 0 Å². The molecule has 0 aliphatic heterocycles. The van der Waals surface area contributed by atoms with Crippen LogP contribution in [0.1, 0.15) is 39.5 Å². The molecule has 0 radical (unpaired) electrons. The standard InChI is InChI=1S/C12H27NSi/c1-6-9-11-14(8-3,13(4)5)12-10-7-2/h8H,3,6-7,9-12H2,1-2,4-5H3. The van der Waals surface area contributed by atoms with Gasteiger partial charge in [0.05, 0.1) is 0 Å². The van der Waals surface area contributed by atoms with E-state index in [0.29, 0.717) is 0 Å². The molecule has 0 rings (SSSR count). The van der Waals surface area contributed by atoms with Gasteiger partial charge in [0.15, 0.2) is 8.24 Å². The Balaban J connectivity index is 4.35. The van der Waals surface area contributed by atoms with Gasteiger partial charge in [-0.2, -0.15) is 0 Å². The number of hydrogen-bond acceptors (Lipinski definition) is 1. The fraction of sp³-hybridized carbons (Fsp3) is 0.833. The quantitative estimate of drug-likeness (QED) is 0.554. The Labute approximate surface area is 91.3 Å². The SMILES string of the molecule is C=C[Si](CCCC)(CCCC)N(C)C. The third kappa shape index (κ3) is 3.97. The van der Waals surface area contributed by atoms with Gasteiger partial charge in [-0.15, -0.1) is 6.58 Å². The molecule has 84 valence electrons. The first kappa shape index (κ1) is 13.9. The van der Waals surface area contributed by atoms with Crippen LogP contribution in [-0.4, -0.2) is 26.9 Å². The number of rotatable bonds is 8. The lowest BCUT2D eigenvalue weighted by Crippen LogP contribution is -2.47. The highest BCUT2D eigenvalue weighted by Gasteiger charge is 2.30. The second-order valence-corrected chi connectivity index (χ2v) is 8.92. The van der Waals surface area contributed by atoms with Gasteiger partial charge in [-0.25, -0.2) is 0 Å². The van der Waals surface area contributed by atoms with Crippen LogP contribution in [0.3, 0.4) is 0 Å². The summed E-state index contributed by atoms with van der Waals surface area (Å²) in [6.45, 7) is 8.63.